The van der Waals surface area contributed by atoms with Crippen molar-refractivity contribution in [2.24, 2.45) is 0 Å². The van der Waals surface area contributed by atoms with Gasteiger partial charge in [-0.25, -0.2) is 24.1 Å². The minimum atomic E-state index is -3.00. The van der Waals surface area contributed by atoms with E-state index >= 15 is 4.39 Å². The molecule has 0 spiro atoms. The van der Waals surface area contributed by atoms with Gasteiger partial charge in [-0.2, -0.15) is 8.78 Å². The summed E-state index contributed by atoms with van der Waals surface area (Å²) in [5, 5.41) is 2.93. The molecule has 1 amide bonds. The van der Waals surface area contributed by atoms with Crippen LogP contribution < -0.4 is 10.1 Å². The second kappa shape index (κ2) is 12.6. The maximum absolute atomic E-state index is 15.7. The number of amides is 1. The highest BCUT2D eigenvalue weighted by molar-refractivity contribution is 9.10. The third-order valence-corrected chi connectivity index (χ3v) is 8.18. The van der Waals surface area contributed by atoms with Crippen LogP contribution in [0.5, 0.6) is 5.75 Å². The highest BCUT2D eigenvalue weighted by atomic mass is 79.9. The van der Waals surface area contributed by atoms with Crippen LogP contribution in [0.25, 0.3) is 22.2 Å². The Morgan fingerprint density at radius 3 is 2.57 bits per heavy atom. The fourth-order valence-electron chi connectivity index (χ4n) is 5.22. The zero-order valence-electron chi connectivity index (χ0n) is 24.7. The molecule has 1 N–H and O–H groups in total. The van der Waals surface area contributed by atoms with Crippen LogP contribution in [0.2, 0.25) is 0 Å². The first-order valence-electron chi connectivity index (χ1n) is 14.2. The molecule has 12 heteroatoms. The van der Waals surface area contributed by atoms with Crippen LogP contribution in [-0.4, -0.2) is 37.8 Å². The fraction of sp³-hybridized carbons (Fsp3) is 0.375. The number of carbonyl (C=O) groups excluding carboxylic acids is 1. The summed E-state index contributed by atoms with van der Waals surface area (Å²) < 4.78 is 54.6. The average Bonchev–Trinajstić information content (AvgIpc) is 3.25. The number of imidazole rings is 1. The molecule has 2 heterocycles. The Bertz CT molecular complexity index is 1680. The number of alkyl carbamates (subject to hydrolysis) is 1. The van der Waals surface area contributed by atoms with E-state index in [-0.39, 0.29) is 17.9 Å². The van der Waals surface area contributed by atoms with E-state index in [1.54, 1.807) is 49.6 Å². The summed E-state index contributed by atoms with van der Waals surface area (Å²) in [4.78, 5) is 26.3. The van der Waals surface area contributed by atoms with E-state index in [0.29, 0.717) is 64.0 Å². The Morgan fingerprint density at radius 1 is 1.23 bits per heavy atom. The van der Waals surface area contributed by atoms with Gasteiger partial charge < -0.3 is 19.4 Å². The molecule has 1 fully saturated rings. The highest BCUT2D eigenvalue weighted by Crippen LogP contribution is 2.40. The van der Waals surface area contributed by atoms with E-state index in [0.717, 1.165) is 6.42 Å². The van der Waals surface area contributed by atoms with Gasteiger partial charge in [-0.3, -0.25) is 0 Å². The van der Waals surface area contributed by atoms with E-state index in [1.165, 1.54) is 24.5 Å². The zero-order chi connectivity index (χ0) is 31.6. The minimum absolute atomic E-state index is 0.0191. The predicted octanol–water partition coefficient (Wildman–Crippen LogP) is 8.07. The van der Waals surface area contributed by atoms with Crippen molar-refractivity contribution in [3.8, 4) is 16.9 Å². The molecule has 0 aliphatic heterocycles. The minimum Gasteiger partial charge on any atom is -0.444 e. The lowest BCUT2D eigenvalue weighted by Crippen LogP contribution is -2.53. The van der Waals surface area contributed by atoms with Gasteiger partial charge in [0.25, 0.3) is 0 Å². The Morgan fingerprint density at radius 2 is 1.95 bits per heavy atom. The number of benzene rings is 2. The molecule has 0 radical (unpaired) electrons. The van der Waals surface area contributed by atoms with Crippen molar-refractivity contribution in [1.29, 1.82) is 0 Å². The van der Waals surface area contributed by atoms with E-state index in [4.69, 9.17) is 14.5 Å². The zero-order valence-corrected chi connectivity index (χ0v) is 26.3. The molecule has 4 aromatic rings. The summed E-state index contributed by atoms with van der Waals surface area (Å²) in [6.07, 6.45) is 7.64. The normalized spacial score (nSPS) is 14.4. The Balaban J connectivity index is 1.48. The maximum atomic E-state index is 15.7. The first-order valence-corrected chi connectivity index (χ1v) is 15.0. The second-order valence-electron chi connectivity index (χ2n) is 11.7. The number of aromatic nitrogens is 4. The number of hydrogen-bond donors (Lipinski definition) is 1. The number of carbonyl (C=O) groups is 1. The summed E-state index contributed by atoms with van der Waals surface area (Å²) in [5.41, 5.74) is 0.820. The van der Waals surface area contributed by atoms with Crippen molar-refractivity contribution < 1.29 is 27.4 Å². The number of nitrogens with zero attached hydrogens (tertiary/aromatic N) is 4. The summed E-state index contributed by atoms with van der Waals surface area (Å²) in [5.74, 6) is 0.574. The van der Waals surface area contributed by atoms with Crippen LogP contribution in [0.15, 0.2) is 59.9 Å². The van der Waals surface area contributed by atoms with Gasteiger partial charge in [0, 0.05) is 46.0 Å². The van der Waals surface area contributed by atoms with Crippen molar-refractivity contribution in [2.45, 2.75) is 77.2 Å². The molecule has 2 aromatic carbocycles. The molecule has 2 aromatic heterocycles. The maximum Gasteiger partial charge on any atom is 0.408 e. The largest absolute Gasteiger partial charge is 0.444 e. The van der Waals surface area contributed by atoms with Crippen LogP contribution in [0, 0.1) is 5.82 Å². The molecule has 0 bridgehead atoms. The molecule has 1 aliphatic carbocycles. The van der Waals surface area contributed by atoms with Crippen molar-refractivity contribution in [2.75, 3.05) is 0 Å². The second-order valence-corrected chi connectivity index (χ2v) is 12.6. The number of aryl methyl sites for hydroxylation is 1. The third-order valence-electron chi connectivity index (χ3n) is 7.43. The van der Waals surface area contributed by atoms with Gasteiger partial charge >= 0.3 is 12.7 Å². The lowest BCUT2D eigenvalue weighted by atomic mass is 9.76. The SMILES string of the molecule is C=CCCc1nc2cc(-c3cnc(C4(NC(=O)OC(C)(C)C)CCC4)nc3)c(F)cc2n1Cc1c(Br)cccc1OC(F)F. The topological polar surface area (TPSA) is 91.2 Å². The van der Waals surface area contributed by atoms with Gasteiger partial charge in [-0.1, -0.05) is 28.1 Å². The first-order chi connectivity index (χ1) is 20.9. The first kappa shape index (κ1) is 31.5. The lowest BCUT2D eigenvalue weighted by Gasteiger charge is -2.41. The van der Waals surface area contributed by atoms with Crippen molar-refractivity contribution in [3.05, 3.63) is 82.9 Å². The molecule has 1 aliphatic rings. The molecule has 0 atom stereocenters. The number of nitrogens with one attached hydrogen (secondary N) is 1. The van der Waals surface area contributed by atoms with E-state index in [9.17, 15) is 13.6 Å². The van der Waals surface area contributed by atoms with Crippen molar-refractivity contribution in [3.63, 3.8) is 0 Å². The smallest absolute Gasteiger partial charge is 0.408 e. The Hall–Kier alpha value is -3.93. The molecule has 0 unspecified atom stereocenters. The molecule has 0 saturated heterocycles. The van der Waals surface area contributed by atoms with Crippen LogP contribution in [0.3, 0.4) is 0 Å². The van der Waals surface area contributed by atoms with Gasteiger partial charge in [-0.15, -0.1) is 6.58 Å². The van der Waals surface area contributed by atoms with Gasteiger partial charge in [0.15, 0.2) is 5.82 Å². The molecular weight excluding hydrogens is 639 g/mol. The summed E-state index contributed by atoms with van der Waals surface area (Å²) >= 11 is 3.44. The van der Waals surface area contributed by atoms with Crippen LogP contribution in [0.1, 0.15) is 63.7 Å². The fourth-order valence-corrected chi connectivity index (χ4v) is 5.69. The Labute approximate surface area is 261 Å². The molecule has 232 valence electrons. The molecule has 1 saturated carbocycles. The van der Waals surface area contributed by atoms with E-state index in [2.05, 4.69) is 37.8 Å². The van der Waals surface area contributed by atoms with Gasteiger partial charge in [-0.05, 0) is 64.7 Å². The number of fused-ring (bicyclic) bond motifs is 1. The molecule has 5 rings (SSSR count). The summed E-state index contributed by atoms with van der Waals surface area (Å²) in [7, 11) is 0. The molecular formula is C32H33BrF3N5O3. The van der Waals surface area contributed by atoms with E-state index in [1.807, 2.05) is 0 Å². The van der Waals surface area contributed by atoms with Gasteiger partial charge in [0.2, 0.25) is 0 Å². The molecule has 44 heavy (non-hydrogen) atoms. The van der Waals surface area contributed by atoms with Crippen LogP contribution in [0.4, 0.5) is 18.0 Å². The third kappa shape index (κ3) is 6.74. The van der Waals surface area contributed by atoms with Crippen LogP contribution in [-0.2, 0) is 23.2 Å². The number of rotatable bonds is 10. The number of allylic oxidation sites excluding steroid dienone is 1. The average molecular weight is 673 g/mol. The van der Waals surface area contributed by atoms with Crippen molar-refractivity contribution >= 4 is 33.1 Å². The number of alkyl halides is 2. The van der Waals surface area contributed by atoms with Gasteiger partial charge in [0.1, 0.15) is 28.5 Å². The quantitative estimate of drug-likeness (QED) is 0.172. The van der Waals surface area contributed by atoms with Crippen LogP contribution >= 0.6 is 15.9 Å². The molecule has 8 nitrogen and oxygen atoms in total. The number of hydrogen-bond acceptors (Lipinski definition) is 6. The monoisotopic (exact) mass is 671 g/mol. The standard InChI is InChI=1S/C32H33BrF3N5O3/c1-5-6-11-27-39-24-14-20(19-16-37-28(38-17-19)32(12-8-13-32)40-30(42)44-31(2,3)4)23(34)15-25(24)41(27)18-21-22(33)9-7-10-26(21)43-29(35)36/h5,7,9-10,14-17,29H,1,6,8,11-13,18H2,2-4H3,(H,40,42). The lowest BCUT2D eigenvalue weighted by molar-refractivity contribution is -0.0505. The Kier molecular flexibility index (Phi) is 9.01. The number of halogens is 4. The highest BCUT2D eigenvalue weighted by Gasteiger charge is 2.43. The summed E-state index contributed by atoms with van der Waals surface area (Å²) in [6, 6.07) is 7.81. The van der Waals surface area contributed by atoms with E-state index < -0.39 is 29.7 Å². The van der Waals surface area contributed by atoms with Gasteiger partial charge in [0.05, 0.1) is 17.6 Å². The van der Waals surface area contributed by atoms with Crippen molar-refractivity contribution in [1.82, 2.24) is 24.8 Å². The number of ether oxygens (including phenoxy) is 2. The predicted molar refractivity (Wildman–Crippen MR) is 164 cm³/mol. The summed E-state index contributed by atoms with van der Waals surface area (Å²) in [6.45, 7) is 6.29.